The number of imidazole rings is 1. The minimum Gasteiger partial charge on any atom is -0.437 e. The van der Waals surface area contributed by atoms with Crippen molar-refractivity contribution in [2.24, 2.45) is 0 Å². The molecule has 10 nitrogen and oxygen atoms in total. The summed E-state index contributed by atoms with van der Waals surface area (Å²) < 4.78 is 32.9. The maximum Gasteiger partial charge on any atom is 0.415 e. The van der Waals surface area contributed by atoms with Crippen LogP contribution in [-0.2, 0) is 16.4 Å². The lowest BCUT2D eigenvalue weighted by molar-refractivity contribution is -0.481. The Morgan fingerprint density at radius 1 is 1.48 bits per heavy atom. The maximum atomic E-state index is 12.7. The van der Waals surface area contributed by atoms with Crippen LogP contribution in [0.4, 0.5) is 11.5 Å². The summed E-state index contributed by atoms with van der Waals surface area (Å²) >= 11 is 0. The minimum atomic E-state index is -3.82. The van der Waals surface area contributed by atoms with Gasteiger partial charge in [-0.25, -0.2) is 8.42 Å². The zero-order valence-electron chi connectivity index (χ0n) is 13.0. The fraction of sp³-hybridized carbons (Fsp3) is 0.357. The van der Waals surface area contributed by atoms with Gasteiger partial charge in [-0.1, -0.05) is 12.1 Å². The van der Waals surface area contributed by atoms with Gasteiger partial charge in [0.1, 0.15) is 16.7 Å². The molecule has 2 aromatic rings. The van der Waals surface area contributed by atoms with Crippen molar-refractivity contribution in [1.82, 2.24) is 9.55 Å². The highest BCUT2D eigenvalue weighted by Gasteiger charge is 2.57. The molecular formula is C14H13N4O6S+. The second kappa shape index (κ2) is 4.85. The molecule has 4 rings (SSSR count). The van der Waals surface area contributed by atoms with Gasteiger partial charge in [0, 0.05) is 16.0 Å². The quantitative estimate of drug-likeness (QED) is 0.459. The number of hydrogen-bond acceptors (Lipinski definition) is 7. The monoisotopic (exact) mass is 365 g/mol. The average molecular weight is 365 g/mol. The molecule has 130 valence electrons. The molecule has 2 atom stereocenters. The lowest BCUT2D eigenvalue weighted by Crippen LogP contribution is -2.40. The number of aromatic nitrogens is 2. The van der Waals surface area contributed by atoms with Crippen LogP contribution in [-0.4, -0.2) is 38.6 Å². The Hall–Kier alpha value is -2.82. The Kier molecular flexibility index (Phi) is 3.04. The predicted molar refractivity (Wildman–Crippen MR) is 83.2 cm³/mol. The van der Waals surface area contributed by atoms with E-state index in [1.165, 1.54) is 22.9 Å². The van der Waals surface area contributed by atoms with Gasteiger partial charge in [-0.2, -0.15) is 0 Å². The zero-order chi connectivity index (χ0) is 18.0. The maximum absolute atomic E-state index is 12.7. The first-order valence-electron chi connectivity index (χ1n) is 7.41. The number of nitroso groups, excluding NO2 is 1. The Labute approximate surface area is 141 Å². The molecule has 0 saturated heterocycles. The standard InChI is InChI=1S/C14H13N4O6S/c1-14(8-16-7-11(18(20)21)15-13(16)24-14)6-12-17(19)9-4-2-3-5-10(9)25(12,22)23/h2-5,7,12H,6,8H2,1H3/q+1. The van der Waals surface area contributed by atoms with Crippen LogP contribution in [0.5, 0.6) is 6.01 Å². The Balaban J connectivity index is 1.62. The van der Waals surface area contributed by atoms with E-state index < -0.39 is 25.7 Å². The lowest BCUT2D eigenvalue weighted by Gasteiger charge is -2.21. The smallest absolute Gasteiger partial charge is 0.415 e. The normalized spacial score (nSPS) is 26.1. The first kappa shape index (κ1) is 15.7. The van der Waals surface area contributed by atoms with Crippen molar-refractivity contribution in [3.05, 3.63) is 45.5 Å². The third-order valence-electron chi connectivity index (χ3n) is 4.39. The summed E-state index contributed by atoms with van der Waals surface area (Å²) in [4.78, 5) is 26.3. The van der Waals surface area contributed by atoms with E-state index >= 15 is 0 Å². The molecule has 0 fully saturated rings. The molecule has 0 amide bonds. The number of para-hydroxylation sites is 1. The molecule has 3 heterocycles. The van der Waals surface area contributed by atoms with Crippen LogP contribution < -0.4 is 4.74 Å². The molecule has 0 saturated carbocycles. The van der Waals surface area contributed by atoms with Gasteiger partial charge < -0.3 is 14.9 Å². The largest absolute Gasteiger partial charge is 0.437 e. The third kappa shape index (κ3) is 2.22. The summed E-state index contributed by atoms with van der Waals surface area (Å²) in [5.41, 5.74) is -0.901. The number of sulfone groups is 1. The van der Waals surface area contributed by atoms with E-state index in [0.717, 1.165) is 0 Å². The van der Waals surface area contributed by atoms with Crippen LogP contribution in [0.15, 0.2) is 35.4 Å². The number of nitro groups is 1. The van der Waals surface area contributed by atoms with Gasteiger partial charge in [0.2, 0.25) is 0 Å². The molecule has 0 aliphatic carbocycles. The summed E-state index contributed by atoms with van der Waals surface area (Å²) in [6.45, 7) is 1.82. The van der Waals surface area contributed by atoms with Crippen LogP contribution in [0.25, 0.3) is 0 Å². The van der Waals surface area contributed by atoms with Gasteiger partial charge in [-0.15, -0.1) is 0 Å². The van der Waals surface area contributed by atoms with Crippen molar-refractivity contribution >= 4 is 21.3 Å². The summed E-state index contributed by atoms with van der Waals surface area (Å²) in [6, 6.07) is 6.08. The van der Waals surface area contributed by atoms with E-state index in [0.29, 0.717) is 4.76 Å². The highest BCUT2D eigenvalue weighted by molar-refractivity contribution is 7.92. The van der Waals surface area contributed by atoms with E-state index in [-0.39, 0.29) is 35.4 Å². The molecule has 1 aromatic heterocycles. The van der Waals surface area contributed by atoms with Gasteiger partial charge in [0.15, 0.2) is 0 Å². The number of nitrogens with zero attached hydrogens (tertiary/aromatic N) is 4. The van der Waals surface area contributed by atoms with Crippen LogP contribution in [0, 0.1) is 15.0 Å². The van der Waals surface area contributed by atoms with E-state index in [2.05, 4.69) is 4.98 Å². The Morgan fingerprint density at radius 2 is 2.20 bits per heavy atom. The van der Waals surface area contributed by atoms with Crippen LogP contribution in [0.1, 0.15) is 13.3 Å². The van der Waals surface area contributed by atoms with Gasteiger partial charge in [-0.3, -0.25) is 4.57 Å². The summed E-state index contributed by atoms with van der Waals surface area (Å²) in [6.07, 6.45) is 1.14. The van der Waals surface area contributed by atoms with Crippen LogP contribution in [0.3, 0.4) is 0 Å². The summed E-state index contributed by atoms with van der Waals surface area (Å²) in [5, 5.41) is 9.44. The molecule has 0 N–H and O–H groups in total. The SMILES string of the molecule is CC1(CC2[N+](=O)c3ccccc3S2(=O)=O)Cn2cc([N+](=O)[O-])nc2O1. The first-order valence-corrected chi connectivity index (χ1v) is 8.96. The van der Waals surface area contributed by atoms with Gasteiger partial charge in [-0.05, 0) is 17.9 Å². The zero-order valence-corrected chi connectivity index (χ0v) is 13.8. The molecule has 25 heavy (non-hydrogen) atoms. The molecular weight excluding hydrogens is 352 g/mol. The average Bonchev–Trinajstić information content (AvgIpc) is 3.12. The number of hydrogen-bond donors (Lipinski definition) is 0. The van der Waals surface area contributed by atoms with Crippen molar-refractivity contribution in [1.29, 1.82) is 0 Å². The molecule has 1 aromatic carbocycles. The van der Waals surface area contributed by atoms with Crippen molar-refractivity contribution in [2.45, 2.75) is 35.8 Å². The van der Waals surface area contributed by atoms with Crippen LogP contribution in [0.2, 0.25) is 0 Å². The van der Waals surface area contributed by atoms with Crippen molar-refractivity contribution < 1.29 is 22.8 Å². The van der Waals surface area contributed by atoms with E-state index in [9.17, 15) is 23.4 Å². The number of benzene rings is 1. The summed E-state index contributed by atoms with van der Waals surface area (Å²) in [5.74, 6) is -0.344. The Morgan fingerprint density at radius 3 is 2.84 bits per heavy atom. The lowest BCUT2D eigenvalue weighted by atomic mass is 10.0. The van der Waals surface area contributed by atoms with Crippen LogP contribution >= 0.6 is 0 Å². The van der Waals surface area contributed by atoms with Gasteiger partial charge in [0.05, 0.1) is 17.7 Å². The molecule has 2 unspecified atom stereocenters. The first-order chi connectivity index (χ1) is 11.7. The Bertz CT molecular complexity index is 1000. The second-order valence-corrected chi connectivity index (χ2v) is 8.39. The van der Waals surface area contributed by atoms with Crippen molar-refractivity contribution in [3.8, 4) is 6.01 Å². The molecule has 0 bridgehead atoms. The third-order valence-corrected chi connectivity index (χ3v) is 6.42. The molecule has 0 spiro atoms. The molecule has 11 heteroatoms. The van der Waals surface area contributed by atoms with Crippen molar-refractivity contribution in [3.63, 3.8) is 0 Å². The van der Waals surface area contributed by atoms with Gasteiger partial charge >= 0.3 is 17.2 Å². The topological polar surface area (TPSA) is 124 Å². The van der Waals surface area contributed by atoms with E-state index in [1.54, 1.807) is 19.1 Å². The van der Waals surface area contributed by atoms with Crippen molar-refractivity contribution in [2.75, 3.05) is 0 Å². The van der Waals surface area contributed by atoms with E-state index in [1.807, 2.05) is 0 Å². The number of fused-ring (bicyclic) bond motifs is 2. The van der Waals surface area contributed by atoms with Gasteiger partial charge in [0.25, 0.3) is 15.5 Å². The summed E-state index contributed by atoms with van der Waals surface area (Å²) in [7, 11) is -3.82. The highest BCUT2D eigenvalue weighted by atomic mass is 32.2. The number of ether oxygens (including phenoxy) is 1. The molecule has 2 aliphatic rings. The molecule has 0 radical (unpaired) electrons. The molecule has 2 aliphatic heterocycles. The van der Waals surface area contributed by atoms with E-state index in [4.69, 9.17) is 4.74 Å². The minimum absolute atomic E-state index is 0.00460. The fourth-order valence-electron chi connectivity index (χ4n) is 3.26. The number of rotatable bonds is 3. The fourth-order valence-corrected chi connectivity index (χ4v) is 5.21. The predicted octanol–water partition coefficient (Wildman–Crippen LogP) is 1.56. The highest BCUT2D eigenvalue weighted by Crippen LogP contribution is 2.42. The second-order valence-electron chi connectivity index (χ2n) is 6.32.